The molecular weight excluding hydrogens is 242 g/mol. The van der Waals surface area contributed by atoms with Crippen molar-refractivity contribution in [1.82, 2.24) is 4.90 Å². The summed E-state index contributed by atoms with van der Waals surface area (Å²) in [7, 11) is 1.86. The first-order chi connectivity index (χ1) is 8.71. The Balaban J connectivity index is 2.42. The van der Waals surface area contributed by atoms with E-state index in [4.69, 9.17) is 5.11 Å². The van der Waals surface area contributed by atoms with Crippen molar-refractivity contribution in [3.63, 3.8) is 0 Å². The summed E-state index contributed by atoms with van der Waals surface area (Å²) < 4.78 is 0. The Morgan fingerprint density at radius 3 is 2.26 bits per heavy atom. The van der Waals surface area contributed by atoms with E-state index in [2.05, 4.69) is 13.8 Å². The highest BCUT2D eigenvalue weighted by Crippen LogP contribution is 2.36. The third kappa shape index (κ3) is 5.21. The van der Waals surface area contributed by atoms with Gasteiger partial charge in [-0.1, -0.05) is 20.8 Å². The van der Waals surface area contributed by atoms with Gasteiger partial charge >= 0.3 is 5.97 Å². The fraction of sp³-hybridized carbons (Fsp3) is 0.867. The standard InChI is InChI=1S/C15H27NO3/c1-11(10-14(18)19)9-13(17)16(4)12-5-7-15(2,3)8-6-12/h11-12H,5-10H2,1-4H3,(H,18,19). The van der Waals surface area contributed by atoms with Crippen molar-refractivity contribution in [2.24, 2.45) is 11.3 Å². The van der Waals surface area contributed by atoms with Crippen molar-refractivity contribution < 1.29 is 14.7 Å². The van der Waals surface area contributed by atoms with Gasteiger partial charge in [0.05, 0.1) is 0 Å². The molecule has 4 nitrogen and oxygen atoms in total. The second-order valence-electron chi connectivity index (χ2n) is 6.81. The lowest BCUT2D eigenvalue weighted by Crippen LogP contribution is -2.41. The molecule has 0 bridgehead atoms. The van der Waals surface area contributed by atoms with Crippen LogP contribution in [0.3, 0.4) is 0 Å². The highest BCUT2D eigenvalue weighted by molar-refractivity contribution is 5.77. The molecule has 0 aromatic heterocycles. The predicted molar refractivity (Wildman–Crippen MR) is 74.8 cm³/mol. The highest BCUT2D eigenvalue weighted by Gasteiger charge is 2.30. The number of carboxylic acid groups (broad SMARTS) is 1. The third-order valence-electron chi connectivity index (χ3n) is 4.30. The highest BCUT2D eigenvalue weighted by atomic mass is 16.4. The maximum Gasteiger partial charge on any atom is 0.303 e. The normalized spacial score (nSPS) is 20.8. The SMILES string of the molecule is CC(CC(=O)O)CC(=O)N(C)C1CCC(C)(C)CC1. The lowest BCUT2D eigenvalue weighted by molar-refractivity contribution is -0.139. The van der Waals surface area contributed by atoms with Gasteiger partial charge in [0.1, 0.15) is 0 Å². The Bertz CT molecular complexity index is 328. The zero-order valence-electron chi connectivity index (χ0n) is 12.6. The summed E-state index contributed by atoms with van der Waals surface area (Å²) >= 11 is 0. The van der Waals surface area contributed by atoms with Gasteiger partial charge in [-0.25, -0.2) is 0 Å². The van der Waals surface area contributed by atoms with Gasteiger partial charge in [-0.05, 0) is 37.0 Å². The molecule has 1 rings (SSSR count). The topological polar surface area (TPSA) is 57.6 Å². The van der Waals surface area contributed by atoms with E-state index in [1.165, 1.54) is 0 Å². The Morgan fingerprint density at radius 2 is 1.79 bits per heavy atom. The number of rotatable bonds is 5. The Hall–Kier alpha value is -1.06. The molecule has 110 valence electrons. The first-order valence-electron chi connectivity index (χ1n) is 7.19. The zero-order valence-corrected chi connectivity index (χ0v) is 12.6. The number of hydrogen-bond acceptors (Lipinski definition) is 2. The summed E-state index contributed by atoms with van der Waals surface area (Å²) in [5, 5.41) is 8.72. The van der Waals surface area contributed by atoms with Crippen LogP contribution in [0.1, 0.15) is 59.3 Å². The fourth-order valence-electron chi connectivity index (χ4n) is 2.79. The second-order valence-corrected chi connectivity index (χ2v) is 6.81. The van der Waals surface area contributed by atoms with Crippen LogP contribution < -0.4 is 0 Å². The number of carboxylic acids is 1. The fourth-order valence-corrected chi connectivity index (χ4v) is 2.79. The molecule has 0 radical (unpaired) electrons. The van der Waals surface area contributed by atoms with Gasteiger partial charge in [0, 0.05) is 25.9 Å². The zero-order chi connectivity index (χ0) is 14.6. The van der Waals surface area contributed by atoms with Crippen LogP contribution in [-0.2, 0) is 9.59 Å². The van der Waals surface area contributed by atoms with E-state index >= 15 is 0 Å². The average Bonchev–Trinajstić information content (AvgIpc) is 2.26. The van der Waals surface area contributed by atoms with Crippen molar-refractivity contribution >= 4 is 11.9 Å². The largest absolute Gasteiger partial charge is 0.481 e. The average molecular weight is 269 g/mol. The van der Waals surface area contributed by atoms with Crippen LogP contribution in [0.5, 0.6) is 0 Å². The minimum absolute atomic E-state index is 0.0667. The van der Waals surface area contributed by atoms with E-state index in [1.54, 1.807) is 0 Å². The van der Waals surface area contributed by atoms with Crippen LogP contribution >= 0.6 is 0 Å². The number of aliphatic carboxylic acids is 1. The van der Waals surface area contributed by atoms with Crippen molar-refractivity contribution in [3.05, 3.63) is 0 Å². The summed E-state index contributed by atoms with van der Waals surface area (Å²) in [6.07, 6.45) is 4.82. The van der Waals surface area contributed by atoms with Gasteiger partial charge in [-0.15, -0.1) is 0 Å². The van der Waals surface area contributed by atoms with E-state index in [-0.39, 0.29) is 18.2 Å². The van der Waals surface area contributed by atoms with Crippen LogP contribution in [0.15, 0.2) is 0 Å². The molecule has 1 amide bonds. The minimum Gasteiger partial charge on any atom is -0.481 e. The molecule has 1 unspecified atom stereocenters. The van der Waals surface area contributed by atoms with Crippen LogP contribution in [-0.4, -0.2) is 35.0 Å². The molecule has 0 aliphatic heterocycles. The molecule has 1 aliphatic rings. The number of amides is 1. The van der Waals surface area contributed by atoms with E-state index in [9.17, 15) is 9.59 Å². The number of hydrogen-bond donors (Lipinski definition) is 1. The van der Waals surface area contributed by atoms with Crippen molar-refractivity contribution in [2.75, 3.05) is 7.05 Å². The molecule has 0 saturated heterocycles. The monoisotopic (exact) mass is 269 g/mol. The third-order valence-corrected chi connectivity index (χ3v) is 4.30. The van der Waals surface area contributed by atoms with E-state index < -0.39 is 5.97 Å². The van der Waals surface area contributed by atoms with Crippen LogP contribution in [0.25, 0.3) is 0 Å². The predicted octanol–water partition coefficient (Wildman–Crippen LogP) is 2.91. The molecule has 0 aromatic carbocycles. The van der Waals surface area contributed by atoms with Crippen molar-refractivity contribution in [2.45, 2.75) is 65.3 Å². The molecule has 0 spiro atoms. The molecule has 1 saturated carbocycles. The molecule has 1 N–H and O–H groups in total. The van der Waals surface area contributed by atoms with E-state index in [1.807, 2.05) is 18.9 Å². The summed E-state index contributed by atoms with van der Waals surface area (Å²) in [5.41, 5.74) is 0.400. The van der Waals surface area contributed by atoms with Gasteiger partial charge in [0.2, 0.25) is 5.91 Å². The quantitative estimate of drug-likeness (QED) is 0.835. The summed E-state index contributed by atoms with van der Waals surface area (Å²) in [4.78, 5) is 24.6. The van der Waals surface area contributed by atoms with Crippen molar-refractivity contribution in [1.29, 1.82) is 0 Å². The Kier molecular flexibility index (Phi) is 5.39. The minimum atomic E-state index is -0.831. The molecular formula is C15H27NO3. The molecule has 0 heterocycles. The second kappa shape index (κ2) is 6.40. The molecule has 1 aliphatic carbocycles. The van der Waals surface area contributed by atoms with Gasteiger partial charge in [0.15, 0.2) is 0 Å². The van der Waals surface area contributed by atoms with Crippen LogP contribution in [0.2, 0.25) is 0 Å². The Labute approximate surface area is 116 Å². The van der Waals surface area contributed by atoms with Gasteiger partial charge in [-0.2, -0.15) is 0 Å². The number of nitrogens with zero attached hydrogens (tertiary/aromatic N) is 1. The Morgan fingerprint density at radius 1 is 1.26 bits per heavy atom. The smallest absolute Gasteiger partial charge is 0.303 e. The number of carbonyl (C=O) groups is 2. The molecule has 19 heavy (non-hydrogen) atoms. The summed E-state index contributed by atoms with van der Waals surface area (Å²) in [6.45, 7) is 6.38. The summed E-state index contributed by atoms with van der Waals surface area (Å²) in [6, 6.07) is 0.331. The summed E-state index contributed by atoms with van der Waals surface area (Å²) in [5.74, 6) is -0.840. The lowest BCUT2D eigenvalue weighted by Gasteiger charge is -2.38. The molecule has 4 heteroatoms. The first kappa shape index (κ1) is 16.0. The number of carbonyl (C=O) groups excluding carboxylic acids is 1. The maximum absolute atomic E-state index is 12.1. The van der Waals surface area contributed by atoms with Gasteiger partial charge in [0.25, 0.3) is 0 Å². The molecule has 1 fully saturated rings. The van der Waals surface area contributed by atoms with E-state index in [0.717, 1.165) is 25.7 Å². The van der Waals surface area contributed by atoms with E-state index in [0.29, 0.717) is 17.9 Å². The van der Waals surface area contributed by atoms with Crippen LogP contribution in [0.4, 0.5) is 0 Å². The van der Waals surface area contributed by atoms with Gasteiger partial charge < -0.3 is 10.0 Å². The molecule has 1 atom stereocenters. The first-order valence-corrected chi connectivity index (χ1v) is 7.19. The van der Waals surface area contributed by atoms with Crippen molar-refractivity contribution in [3.8, 4) is 0 Å². The maximum atomic E-state index is 12.1. The molecule has 0 aromatic rings. The van der Waals surface area contributed by atoms with Crippen LogP contribution in [0, 0.1) is 11.3 Å². The lowest BCUT2D eigenvalue weighted by atomic mass is 9.75. The van der Waals surface area contributed by atoms with Gasteiger partial charge in [-0.3, -0.25) is 9.59 Å².